The van der Waals surface area contributed by atoms with E-state index in [1.54, 1.807) is 75.8 Å². The lowest BCUT2D eigenvalue weighted by Crippen LogP contribution is -2.42. The molecule has 8 aromatic rings. The minimum absolute atomic E-state index is 0.0277. The number of aromatic amines is 3. The van der Waals surface area contributed by atoms with Gasteiger partial charge in [0.25, 0.3) is 16.7 Å². The monoisotopic (exact) mass is 1830 g/mol. The van der Waals surface area contributed by atoms with Crippen molar-refractivity contribution in [2.24, 2.45) is 21.7 Å². The van der Waals surface area contributed by atoms with E-state index in [1.807, 2.05) is 62.3 Å². The molecule has 8 aromatic heterocycles. The average molecular weight is 1830 g/mol. The number of hydrogen-bond acceptors (Lipinski definition) is 34. The summed E-state index contributed by atoms with van der Waals surface area (Å²) in [6.07, 6.45) is 0.235. The van der Waals surface area contributed by atoms with Crippen LogP contribution in [0.15, 0.2) is 46.0 Å². The number of methoxy groups -OCH3 is 4. The Kier molecular flexibility index (Phi) is 30.8. The Balaban J connectivity index is 0.000000186. The number of anilines is 4. The SMILES string of the molecule is COC1[C@@H](OC(C)(C)C)[C@@H](CC(C)(C)C)O[C@H]1n1cnc2c(=O)[nH]c(N)nc21.COC1[C@@H](OP(=O)(O)OC(C)(C)C)[C@@H](CC(C)(C)C)O[C@H]1n1cnc2c(=O)[nH]c(N)nc21.COC1[C@@H](OP(O)(=S)OC(C)(C)C)[C@@H](CC(C)(C)C)O[C@H]1n1cnc2c(=O)[nH]c(N)nc21.COC1[C@@H](OP(O)(=S)OC(C)(C)C)[C@@H](CC(C)(C)C)O[C@H]1n1cnc2c(N)ncnc21. The normalized spacial score (nSPS) is 26.6. The Morgan fingerprint density at radius 1 is 0.382 bits per heavy atom. The van der Waals surface area contributed by atoms with Crippen LogP contribution in [0.4, 0.5) is 23.7 Å². The number of nitrogens with two attached hydrogens (primary N) is 4. The summed E-state index contributed by atoms with van der Waals surface area (Å²) in [5, 5.41) is 0. The first-order chi connectivity index (χ1) is 56.3. The average Bonchev–Trinajstić information content (AvgIpc) is 1.62. The zero-order chi connectivity index (χ0) is 92.2. The summed E-state index contributed by atoms with van der Waals surface area (Å²) in [4.78, 5) is 114. The van der Waals surface area contributed by atoms with Gasteiger partial charge in [0.2, 0.25) is 17.8 Å². The van der Waals surface area contributed by atoms with Crippen molar-refractivity contribution in [1.82, 2.24) is 78.1 Å². The third kappa shape index (κ3) is 26.4. The van der Waals surface area contributed by atoms with E-state index in [1.165, 1.54) is 44.1 Å². The van der Waals surface area contributed by atoms with Crippen LogP contribution in [-0.2, 0) is 98.0 Å². The maximum atomic E-state index is 12.8. The maximum Gasteiger partial charge on any atom is 0.473 e. The minimum atomic E-state index is -4.46. The number of ether oxygens (including phenoxy) is 9. The zero-order valence-electron chi connectivity index (χ0n) is 75.3. The Hall–Kier alpha value is -6.39. The molecule has 123 heavy (non-hydrogen) atoms. The smallest absolute Gasteiger partial charge is 0.382 e. The fourth-order valence-corrected chi connectivity index (χ4v) is 20.6. The van der Waals surface area contributed by atoms with Crippen LogP contribution >= 0.6 is 21.3 Å². The molecular weight excluding hydrogens is 1700 g/mol. The third-order valence-electron chi connectivity index (χ3n) is 18.7. The van der Waals surface area contributed by atoms with E-state index in [9.17, 15) is 33.6 Å². The molecule has 0 radical (unpaired) electrons. The van der Waals surface area contributed by atoms with Gasteiger partial charge in [-0.05, 0) is 154 Å². The maximum absolute atomic E-state index is 12.8. The second-order valence-electron chi connectivity index (χ2n) is 39.5. The summed E-state index contributed by atoms with van der Waals surface area (Å²) < 4.78 is 108. The summed E-state index contributed by atoms with van der Waals surface area (Å²) >= 11 is 10.6. The first-order valence-corrected chi connectivity index (χ1v) is 46.6. The van der Waals surface area contributed by atoms with Crippen molar-refractivity contribution in [1.29, 1.82) is 0 Å². The van der Waals surface area contributed by atoms with Gasteiger partial charge >= 0.3 is 21.3 Å². The molecule has 4 fully saturated rings. The number of rotatable bonds is 22. The fourth-order valence-electron chi connectivity index (χ4n) is 14.7. The van der Waals surface area contributed by atoms with Crippen LogP contribution in [0.2, 0.25) is 0 Å². The Morgan fingerprint density at radius 3 is 0.927 bits per heavy atom. The van der Waals surface area contributed by atoms with Gasteiger partial charge in [0.05, 0.1) is 72.1 Å². The third-order valence-corrected chi connectivity index (χ3v) is 23.6. The molecule has 4 aliphatic rings. The van der Waals surface area contributed by atoms with E-state index in [0.29, 0.717) is 36.1 Å². The fraction of sp³-hybridized carbons (Fsp3) is 0.737. The van der Waals surface area contributed by atoms with Crippen LogP contribution in [0.1, 0.15) is 217 Å². The minimum Gasteiger partial charge on any atom is -0.382 e. The van der Waals surface area contributed by atoms with Gasteiger partial charge in [-0.2, -0.15) is 15.0 Å². The van der Waals surface area contributed by atoms with Crippen molar-refractivity contribution in [2.45, 2.75) is 312 Å². The van der Waals surface area contributed by atoms with Crippen molar-refractivity contribution in [3.8, 4) is 0 Å². The van der Waals surface area contributed by atoms with Crippen LogP contribution in [0.5, 0.6) is 0 Å². The number of phosphoric ester groups is 1. The van der Waals surface area contributed by atoms with E-state index >= 15 is 0 Å². The molecule has 42 nitrogen and oxygen atoms in total. The molecule has 690 valence electrons. The molecule has 47 heteroatoms. The number of aromatic nitrogens is 16. The lowest BCUT2D eigenvalue weighted by Gasteiger charge is -2.32. The van der Waals surface area contributed by atoms with Crippen LogP contribution in [0.3, 0.4) is 0 Å². The van der Waals surface area contributed by atoms with Gasteiger partial charge in [-0.15, -0.1) is 0 Å². The molecule has 14 N–H and O–H groups in total. The molecular formula is C76H127N20O22P3S2. The first kappa shape index (κ1) is 100. The summed E-state index contributed by atoms with van der Waals surface area (Å²) in [5.74, 6) is 0.188. The van der Waals surface area contributed by atoms with E-state index in [4.69, 9.17) is 116 Å². The molecule has 12 rings (SSSR count). The Bertz CT molecular complexity index is 5130. The summed E-state index contributed by atoms with van der Waals surface area (Å²) in [7, 11) is 1.69. The Labute approximate surface area is 724 Å². The number of imidazole rings is 4. The molecule has 7 unspecified atom stereocenters. The number of hydrogen-bond donors (Lipinski definition) is 10. The molecule has 0 aliphatic carbocycles. The van der Waals surface area contributed by atoms with E-state index in [2.05, 4.69) is 122 Å². The second-order valence-corrected chi connectivity index (χ2v) is 46.2. The van der Waals surface area contributed by atoms with Crippen molar-refractivity contribution in [3.05, 3.63) is 62.7 Å². The highest BCUT2D eigenvalue weighted by atomic mass is 32.5. The van der Waals surface area contributed by atoms with E-state index in [0.717, 1.165) is 6.42 Å². The van der Waals surface area contributed by atoms with Crippen LogP contribution in [-0.4, -0.2) is 217 Å². The number of H-pyrrole nitrogens is 3. The second kappa shape index (κ2) is 37.7. The predicted molar refractivity (Wildman–Crippen MR) is 467 cm³/mol. The van der Waals surface area contributed by atoms with Gasteiger partial charge in [0, 0.05) is 28.4 Å². The molecule has 12 heterocycles. The molecule has 0 spiro atoms. The topological polar surface area (TPSA) is 555 Å². The number of nitrogen functional groups attached to an aromatic ring is 4. The molecule has 0 amide bonds. The van der Waals surface area contributed by atoms with Gasteiger partial charge in [0.15, 0.2) is 69.9 Å². The molecule has 19 atom stereocenters. The number of nitrogens with one attached hydrogen (secondary N) is 3. The van der Waals surface area contributed by atoms with E-state index in [-0.39, 0.29) is 96.5 Å². The number of nitrogens with zero attached hydrogens (tertiary/aromatic N) is 13. The zero-order valence-corrected chi connectivity index (χ0v) is 79.6. The first-order valence-electron chi connectivity index (χ1n) is 40.0. The van der Waals surface area contributed by atoms with Crippen molar-refractivity contribution in [3.63, 3.8) is 0 Å². The van der Waals surface area contributed by atoms with Crippen LogP contribution in [0, 0.1) is 21.7 Å². The van der Waals surface area contributed by atoms with Gasteiger partial charge in [0.1, 0.15) is 60.7 Å². The van der Waals surface area contributed by atoms with Gasteiger partial charge < -0.3 is 89.3 Å². The lowest BCUT2D eigenvalue weighted by molar-refractivity contribution is -0.123. The van der Waals surface area contributed by atoms with Gasteiger partial charge in [-0.25, -0.2) is 34.5 Å². The largest absolute Gasteiger partial charge is 0.473 e. The quantitative estimate of drug-likeness (QED) is 0.0282. The van der Waals surface area contributed by atoms with Crippen molar-refractivity contribution >= 4 is 113 Å². The number of fused-ring (bicyclic) bond motifs is 4. The predicted octanol–water partition coefficient (Wildman–Crippen LogP) is 10.2. The number of phosphoric acid groups is 1. The van der Waals surface area contributed by atoms with Crippen LogP contribution in [0.25, 0.3) is 44.7 Å². The lowest BCUT2D eigenvalue weighted by atomic mass is 9.87. The highest BCUT2D eigenvalue weighted by Gasteiger charge is 2.56. The van der Waals surface area contributed by atoms with Gasteiger partial charge in [-0.3, -0.25) is 65.7 Å². The van der Waals surface area contributed by atoms with E-state index < -0.39 is 135 Å². The molecule has 0 saturated carbocycles. The highest BCUT2D eigenvalue weighted by Crippen LogP contribution is 2.57. The summed E-state index contributed by atoms with van der Waals surface area (Å²) in [6.45, 7) is 39.6. The molecule has 4 saturated heterocycles. The van der Waals surface area contributed by atoms with Gasteiger partial charge in [-0.1, -0.05) is 83.1 Å². The van der Waals surface area contributed by atoms with Crippen molar-refractivity contribution < 1.29 is 89.0 Å². The summed E-state index contributed by atoms with van der Waals surface area (Å²) in [5.41, 5.74) is 21.0. The summed E-state index contributed by atoms with van der Waals surface area (Å²) in [6, 6.07) is 0. The molecule has 0 bridgehead atoms. The van der Waals surface area contributed by atoms with Crippen molar-refractivity contribution in [2.75, 3.05) is 51.4 Å². The molecule has 4 aliphatic heterocycles. The molecule has 0 aromatic carbocycles. The Morgan fingerprint density at radius 2 is 0.650 bits per heavy atom. The standard InChI is InChI=1S/C19H32N5O7P.C19H32N5O6PS.C19H32N5O5PS.C19H31N5O4/c1-18(2,3)8-10-12(30-32(26,27)31-19(4,5)6)13(28-7)16(29-10)24-9-21-11-14(24)22-17(20)23-15(11)25;1-18(2,3)8-10-12(29-31(26,32)30-19(4,5)6)13(27-7)16(28-10)24-9-21-11-14(24)22-17(20)23-15(11)25;1-18(2,3)8-11-13(28-30(25,31)29-19(4,5)6)14(26-7)17(27-11)24-10-23-12-15(20)21-9-22-16(12)24;1-18(2,3)8-10-12(28-19(4,5)6)13(26-7)16(27-10)24-9-21-11-14(24)22-17(20)23-15(11)25/h9-10,12-13,16H,8H2,1-7H3,(H,26,27)(H3,20,22,23,25);9-10,12-13,16H,8H2,1-7H3,(H,26,32)(H3,20,22,23,25);9-11,13-14,17H,8H2,1-7H3,(H,25,31)(H2,20,21,22);9-10,12-13,16H,8H2,1-7H3,(H3,20,22,23,25)/t10-,12+,13?,16-;10-,12+,13?,16-,31?;11-,13+,14?,17-,30?;10-,12+,13?,16-/m1111/s1. The van der Waals surface area contributed by atoms with Crippen LogP contribution < -0.4 is 39.6 Å². The highest BCUT2D eigenvalue weighted by molar-refractivity contribution is 8.07.